The first-order valence-electron chi connectivity index (χ1n) is 22.8. The maximum atomic E-state index is 14.6. The van der Waals surface area contributed by atoms with E-state index in [4.69, 9.17) is 19.4 Å². The molecule has 6 atom stereocenters. The number of aryl methyl sites for hydroxylation is 1. The van der Waals surface area contributed by atoms with Crippen LogP contribution < -0.4 is 10.7 Å². The van der Waals surface area contributed by atoms with Crippen molar-refractivity contribution in [1.29, 1.82) is 0 Å². The number of benzene rings is 1. The van der Waals surface area contributed by atoms with Gasteiger partial charge in [0.1, 0.15) is 18.1 Å². The Bertz CT molecular complexity index is 2360. The fourth-order valence-electron chi connectivity index (χ4n) is 9.63. The van der Waals surface area contributed by atoms with E-state index in [1.807, 2.05) is 44.0 Å². The highest BCUT2D eigenvalue weighted by molar-refractivity contribution is 7.10. The van der Waals surface area contributed by atoms with E-state index < -0.39 is 35.4 Å². The molecule has 3 aliphatic heterocycles. The van der Waals surface area contributed by atoms with Gasteiger partial charge in [-0.15, -0.1) is 11.3 Å². The molecule has 2 fully saturated rings. The summed E-state index contributed by atoms with van der Waals surface area (Å²) in [5.74, 6) is -1.52. The highest BCUT2D eigenvalue weighted by atomic mass is 32.1. The molecule has 346 valence electrons. The number of rotatable bonds is 8. The number of piperazine rings is 1. The maximum Gasteiger partial charge on any atom is 0.324 e. The van der Waals surface area contributed by atoms with Gasteiger partial charge in [0, 0.05) is 97.9 Å². The Morgan fingerprint density at radius 2 is 1.89 bits per heavy atom. The fraction of sp³-hybridized carbons (Fsp3) is 0.583. The Kier molecular flexibility index (Phi) is 14.2. The standard InChI is InChI=1S/C48H67N9O6S/c1-12-55-39-18-17-32-21-34(39)35(43(55)33-15-13-19-49-41(33)31(6)62-11)23-48(7,8)27-63-46(60)36-16-14-20-57(52-36)45(59)37(22-40-50-38(32)26-64-40)51-44(58)42(28(2)3)54(10)47(61)56-25-29(4)53(9)24-30(56)5/h13,15,17-19,21,26,28-31,36-37,42,52H,12,14,16,20,22-25,27H2,1-11H3,(H,51,58)/t29-,30+,31-,36-,37-,42?/m0/s1. The van der Waals surface area contributed by atoms with E-state index in [0.717, 1.165) is 51.2 Å². The summed E-state index contributed by atoms with van der Waals surface area (Å²) in [5, 5.41) is 8.24. The molecule has 6 heterocycles. The lowest BCUT2D eigenvalue weighted by Gasteiger charge is -2.45. The molecule has 0 aliphatic carbocycles. The number of amides is 4. The third-order valence-corrected chi connectivity index (χ3v) is 14.2. The molecule has 0 radical (unpaired) electrons. The van der Waals surface area contributed by atoms with Crippen LogP contribution in [0.3, 0.4) is 0 Å². The van der Waals surface area contributed by atoms with Gasteiger partial charge in [-0.1, -0.05) is 33.8 Å². The number of carbonyl (C=O) groups excluding carboxylic acids is 4. The number of urea groups is 1. The van der Waals surface area contributed by atoms with Crippen LogP contribution in [0.15, 0.2) is 41.9 Å². The summed E-state index contributed by atoms with van der Waals surface area (Å²) in [6, 6.07) is 7.71. The van der Waals surface area contributed by atoms with Crippen LogP contribution in [0.5, 0.6) is 0 Å². The Morgan fingerprint density at radius 3 is 2.61 bits per heavy atom. The Hall–Kier alpha value is -4.90. The van der Waals surface area contributed by atoms with Crippen molar-refractivity contribution < 1.29 is 28.7 Å². The second-order valence-corrected chi connectivity index (χ2v) is 20.1. The van der Waals surface area contributed by atoms with Crippen molar-refractivity contribution >= 4 is 46.1 Å². The first-order valence-corrected chi connectivity index (χ1v) is 23.7. The number of aromatic nitrogens is 3. The number of cyclic esters (lactones) is 1. The number of ether oxygens (including phenoxy) is 2. The zero-order valence-corrected chi connectivity index (χ0v) is 40.3. The van der Waals surface area contributed by atoms with Gasteiger partial charge in [-0.25, -0.2) is 15.2 Å². The minimum atomic E-state index is -1.04. The fourth-order valence-corrected chi connectivity index (χ4v) is 10.5. The predicted molar refractivity (Wildman–Crippen MR) is 249 cm³/mol. The van der Waals surface area contributed by atoms with Gasteiger partial charge in [-0.05, 0) is 89.8 Å². The van der Waals surface area contributed by atoms with Crippen LogP contribution in [-0.4, -0.2) is 136 Å². The molecule has 1 unspecified atom stereocenters. The molecular formula is C48H67N9O6S. The molecule has 2 N–H and O–H groups in total. The molecule has 4 amide bonds. The first kappa shape index (κ1) is 47.1. The number of pyridine rings is 1. The number of carbonyl (C=O) groups is 4. The number of hydrogen-bond acceptors (Lipinski definition) is 11. The smallest absolute Gasteiger partial charge is 0.324 e. The first-order chi connectivity index (χ1) is 30.4. The number of esters is 1. The lowest BCUT2D eigenvalue weighted by Crippen LogP contribution is -2.64. The van der Waals surface area contributed by atoms with Crippen molar-refractivity contribution in [1.82, 2.24) is 45.0 Å². The van der Waals surface area contributed by atoms with Crippen LogP contribution in [0, 0.1) is 11.3 Å². The quantitative estimate of drug-likeness (QED) is 0.193. The van der Waals surface area contributed by atoms with E-state index in [2.05, 4.69) is 79.2 Å². The molecule has 2 saturated heterocycles. The average Bonchev–Trinajstić information content (AvgIpc) is 3.86. The van der Waals surface area contributed by atoms with Gasteiger partial charge in [-0.3, -0.25) is 29.3 Å². The summed E-state index contributed by atoms with van der Waals surface area (Å²) in [6.07, 6.45) is 3.30. The molecule has 1 aromatic carbocycles. The minimum Gasteiger partial charge on any atom is -0.464 e. The van der Waals surface area contributed by atoms with E-state index >= 15 is 0 Å². The van der Waals surface area contributed by atoms with Crippen molar-refractivity contribution in [3.63, 3.8) is 0 Å². The van der Waals surface area contributed by atoms with Crippen LogP contribution in [0.4, 0.5) is 4.79 Å². The van der Waals surface area contributed by atoms with Gasteiger partial charge >= 0.3 is 12.0 Å². The second kappa shape index (κ2) is 19.3. The number of hydrazine groups is 1. The van der Waals surface area contributed by atoms with Gasteiger partial charge in [-0.2, -0.15) is 0 Å². The SMILES string of the molecule is CCn1c(-c2cccnc2[C@H](C)OC)c2c3cc(ccc31)-c1csc(n1)C[C@H](NC(=O)C(C(C)C)N(C)C(=O)N1C[C@H](C)N(C)C[C@H]1C)C(=O)N1CCC[C@H](N1)C(=O)OCC(C)(C)C2. The van der Waals surface area contributed by atoms with Gasteiger partial charge in [0.2, 0.25) is 5.91 Å². The van der Waals surface area contributed by atoms with E-state index in [1.165, 1.54) is 21.2 Å². The Morgan fingerprint density at radius 1 is 1.12 bits per heavy atom. The van der Waals surface area contributed by atoms with Crippen molar-refractivity contribution in [2.75, 3.05) is 47.4 Å². The number of thiazole rings is 1. The molecule has 64 heavy (non-hydrogen) atoms. The molecule has 0 spiro atoms. The van der Waals surface area contributed by atoms with E-state index in [9.17, 15) is 19.2 Å². The Labute approximate surface area is 381 Å². The van der Waals surface area contributed by atoms with Crippen LogP contribution >= 0.6 is 11.3 Å². The number of nitrogens with one attached hydrogen (secondary N) is 2. The van der Waals surface area contributed by atoms with Crippen molar-refractivity contribution in [3.05, 3.63) is 58.2 Å². The molecule has 15 nitrogen and oxygen atoms in total. The molecule has 6 bridgehead atoms. The maximum absolute atomic E-state index is 14.6. The second-order valence-electron chi connectivity index (χ2n) is 19.1. The highest BCUT2D eigenvalue weighted by Crippen LogP contribution is 2.42. The monoisotopic (exact) mass is 897 g/mol. The summed E-state index contributed by atoms with van der Waals surface area (Å²) in [5.41, 5.74) is 9.40. The van der Waals surface area contributed by atoms with E-state index in [1.54, 1.807) is 20.4 Å². The number of likely N-dealkylation sites (N-methyl/N-ethyl adjacent to an activating group) is 2. The number of nitrogens with zero attached hydrogens (tertiary/aromatic N) is 7. The van der Waals surface area contributed by atoms with Crippen molar-refractivity contribution in [2.24, 2.45) is 11.3 Å². The summed E-state index contributed by atoms with van der Waals surface area (Å²) >= 11 is 1.43. The topological polar surface area (TPSA) is 154 Å². The molecular weight excluding hydrogens is 831 g/mol. The van der Waals surface area contributed by atoms with Crippen molar-refractivity contribution in [3.8, 4) is 22.5 Å². The predicted octanol–water partition coefficient (Wildman–Crippen LogP) is 6.30. The van der Waals surface area contributed by atoms with Crippen LogP contribution in [0.25, 0.3) is 33.4 Å². The summed E-state index contributed by atoms with van der Waals surface area (Å²) < 4.78 is 14.3. The van der Waals surface area contributed by atoms with E-state index in [0.29, 0.717) is 43.9 Å². The Balaban J connectivity index is 1.28. The van der Waals surface area contributed by atoms with Crippen molar-refractivity contribution in [2.45, 2.75) is 124 Å². The number of fused-ring (bicyclic) bond motifs is 6. The molecule has 16 heteroatoms. The van der Waals surface area contributed by atoms with Gasteiger partial charge in [0.05, 0.1) is 34.8 Å². The third kappa shape index (κ3) is 9.56. The van der Waals surface area contributed by atoms with Crippen LogP contribution in [0.2, 0.25) is 0 Å². The van der Waals surface area contributed by atoms with Gasteiger partial charge in [0.15, 0.2) is 0 Å². The number of methoxy groups -OCH3 is 1. The van der Waals surface area contributed by atoms with Gasteiger partial charge in [0.25, 0.3) is 5.91 Å². The van der Waals surface area contributed by atoms with Crippen LogP contribution in [-0.2, 0) is 43.2 Å². The highest BCUT2D eigenvalue weighted by Gasteiger charge is 2.40. The van der Waals surface area contributed by atoms with Crippen LogP contribution in [0.1, 0.15) is 90.6 Å². The molecule has 4 aromatic rings. The lowest BCUT2D eigenvalue weighted by molar-refractivity contribution is -0.155. The molecule has 0 saturated carbocycles. The molecule has 7 rings (SSSR count). The normalized spacial score (nSPS) is 23.1. The largest absolute Gasteiger partial charge is 0.464 e. The average molecular weight is 898 g/mol. The summed E-state index contributed by atoms with van der Waals surface area (Å²) in [7, 11) is 5.41. The molecule has 3 aromatic heterocycles. The zero-order chi connectivity index (χ0) is 46.2. The zero-order valence-electron chi connectivity index (χ0n) is 39.4. The lowest BCUT2D eigenvalue weighted by atomic mass is 9.84. The summed E-state index contributed by atoms with van der Waals surface area (Å²) in [4.78, 5) is 72.6. The third-order valence-electron chi connectivity index (χ3n) is 13.3. The minimum absolute atomic E-state index is 0.0370. The number of hydrogen-bond donors (Lipinski definition) is 2. The van der Waals surface area contributed by atoms with E-state index in [-0.39, 0.29) is 49.1 Å². The summed E-state index contributed by atoms with van der Waals surface area (Å²) in [6.45, 7) is 18.7. The van der Waals surface area contributed by atoms with Gasteiger partial charge < -0.3 is 29.2 Å². The molecule has 3 aliphatic rings.